The molecule has 4 heterocycles. The van der Waals surface area contributed by atoms with Gasteiger partial charge in [0.25, 0.3) is 0 Å². The smallest absolute Gasteiger partial charge is 0.337 e. The van der Waals surface area contributed by atoms with Gasteiger partial charge in [-0.25, -0.2) is 9.78 Å². The molecular weight excluding hydrogens is 330 g/mol. The normalized spacial score (nSPS) is 24.5. The van der Waals surface area contributed by atoms with Crippen LogP contribution in [-0.4, -0.2) is 35.0 Å². The molecule has 1 amide bonds. The highest BCUT2D eigenvalue weighted by molar-refractivity contribution is 5.94. The Morgan fingerprint density at radius 1 is 1.08 bits per heavy atom. The van der Waals surface area contributed by atoms with E-state index in [9.17, 15) is 9.59 Å². The number of ether oxygens (including phenoxy) is 1. The lowest BCUT2D eigenvalue weighted by Gasteiger charge is -2.50. The summed E-state index contributed by atoms with van der Waals surface area (Å²) in [5.74, 6) is 0.278. The Bertz CT molecular complexity index is 984. The number of aromatic nitrogens is 1. The predicted octanol–water partition coefficient (Wildman–Crippen LogP) is 2.33. The van der Waals surface area contributed by atoms with Crippen LogP contribution in [0.2, 0.25) is 0 Å². The number of methoxy groups -OCH3 is 1. The summed E-state index contributed by atoms with van der Waals surface area (Å²) in [6.45, 7) is 1.55. The van der Waals surface area contributed by atoms with Crippen molar-refractivity contribution in [1.82, 2.24) is 9.88 Å². The Hall–Kier alpha value is -3.15. The van der Waals surface area contributed by atoms with Crippen molar-refractivity contribution in [2.24, 2.45) is 0 Å². The lowest BCUT2D eigenvalue weighted by atomic mass is 9.78. The molecule has 3 atom stereocenters. The first-order valence-electron chi connectivity index (χ1n) is 8.54. The van der Waals surface area contributed by atoms with Gasteiger partial charge in [0.15, 0.2) is 0 Å². The fourth-order valence-corrected chi connectivity index (χ4v) is 4.61. The van der Waals surface area contributed by atoms with E-state index in [2.05, 4.69) is 11.1 Å². The van der Waals surface area contributed by atoms with Crippen LogP contribution in [0.25, 0.3) is 0 Å². The number of pyridine rings is 1. The number of rotatable bonds is 1. The molecule has 0 N–H and O–H groups in total. The minimum atomic E-state index is -0.442. The molecule has 0 saturated carbocycles. The number of esters is 1. The molecule has 3 aliphatic rings. The van der Waals surface area contributed by atoms with Gasteiger partial charge in [-0.15, -0.1) is 0 Å². The van der Waals surface area contributed by atoms with Gasteiger partial charge < -0.3 is 14.5 Å². The third-order valence-corrected chi connectivity index (χ3v) is 5.53. The molecule has 0 spiro atoms. The molecule has 130 valence electrons. The zero-order valence-corrected chi connectivity index (χ0v) is 14.4. The number of hydrogen-bond acceptors (Lipinski definition) is 5. The topological polar surface area (TPSA) is 62.7 Å². The molecule has 0 aliphatic carbocycles. The fraction of sp³-hybridized carbons (Fsp3) is 0.250. The van der Waals surface area contributed by atoms with E-state index in [4.69, 9.17) is 4.74 Å². The van der Waals surface area contributed by atoms with Gasteiger partial charge in [0.1, 0.15) is 12.0 Å². The lowest BCUT2D eigenvalue weighted by Crippen LogP contribution is -2.57. The molecule has 0 saturated heterocycles. The van der Waals surface area contributed by atoms with Gasteiger partial charge in [0.05, 0.1) is 24.6 Å². The van der Waals surface area contributed by atoms with Gasteiger partial charge >= 0.3 is 5.97 Å². The molecule has 3 aliphatic heterocycles. The average molecular weight is 347 g/mol. The number of carbonyl (C=O) groups excluding carboxylic acids is 2. The Balaban J connectivity index is 1.88. The van der Waals surface area contributed by atoms with Crippen LogP contribution in [0.3, 0.4) is 0 Å². The molecule has 0 unspecified atom stereocenters. The number of anilines is 1. The van der Waals surface area contributed by atoms with Crippen molar-refractivity contribution in [3.8, 4) is 0 Å². The molecule has 6 nitrogen and oxygen atoms in total. The summed E-state index contributed by atoms with van der Waals surface area (Å²) < 4.78 is 5.03. The van der Waals surface area contributed by atoms with Crippen LogP contribution in [0, 0.1) is 0 Å². The molecule has 1 aromatic carbocycles. The van der Waals surface area contributed by atoms with Gasteiger partial charge in [0, 0.05) is 24.9 Å². The molecule has 2 bridgehead atoms. The molecule has 26 heavy (non-hydrogen) atoms. The third kappa shape index (κ3) is 1.73. The second-order valence-electron chi connectivity index (χ2n) is 6.75. The first-order chi connectivity index (χ1) is 12.6. The molecule has 0 radical (unpaired) electrons. The summed E-state index contributed by atoms with van der Waals surface area (Å²) in [6.07, 6.45) is 3.33. The van der Waals surface area contributed by atoms with Crippen molar-refractivity contribution in [2.75, 3.05) is 12.0 Å². The Morgan fingerprint density at radius 3 is 2.54 bits per heavy atom. The van der Waals surface area contributed by atoms with Gasteiger partial charge in [-0.3, -0.25) is 4.79 Å². The molecule has 6 heteroatoms. The van der Waals surface area contributed by atoms with Gasteiger partial charge in [-0.1, -0.05) is 30.3 Å². The Labute approximate surface area is 150 Å². The monoisotopic (exact) mass is 347 g/mol. The fourth-order valence-electron chi connectivity index (χ4n) is 4.61. The van der Waals surface area contributed by atoms with Crippen molar-refractivity contribution in [3.63, 3.8) is 0 Å². The number of amides is 1. The molecule has 2 aromatic rings. The van der Waals surface area contributed by atoms with E-state index in [0.717, 1.165) is 22.5 Å². The van der Waals surface area contributed by atoms with Crippen LogP contribution in [0.1, 0.15) is 35.6 Å². The van der Waals surface area contributed by atoms with Crippen LogP contribution in [0.4, 0.5) is 5.82 Å². The second kappa shape index (κ2) is 5.17. The zero-order chi connectivity index (χ0) is 18.0. The maximum atomic E-state index is 12.6. The van der Waals surface area contributed by atoms with Crippen LogP contribution in [-0.2, 0) is 14.3 Å². The molecule has 0 fully saturated rings. The van der Waals surface area contributed by atoms with Crippen molar-refractivity contribution < 1.29 is 14.3 Å². The maximum Gasteiger partial charge on any atom is 0.337 e. The van der Waals surface area contributed by atoms with E-state index >= 15 is 0 Å². The summed E-state index contributed by atoms with van der Waals surface area (Å²) >= 11 is 0. The number of carbonyl (C=O) groups is 2. The Kier molecular flexibility index (Phi) is 3.01. The summed E-state index contributed by atoms with van der Waals surface area (Å²) in [7, 11) is 1.36. The number of nitrogens with zero attached hydrogens (tertiary/aromatic N) is 3. The van der Waals surface area contributed by atoms with E-state index < -0.39 is 12.0 Å². The minimum absolute atomic E-state index is 0.00509. The van der Waals surface area contributed by atoms with Crippen molar-refractivity contribution in [1.29, 1.82) is 0 Å². The summed E-state index contributed by atoms with van der Waals surface area (Å²) in [6, 6.07) is 11.5. The SMILES string of the molecule is COC(=O)C1=CN2c3ncccc3[C@@H]3c4ccccc4[C@H]1N(C(C)=O)[C@@H]32. The Morgan fingerprint density at radius 2 is 1.81 bits per heavy atom. The number of hydrogen-bond donors (Lipinski definition) is 0. The standard InChI is InChI=1S/C20H17N3O3/c1-11(24)23-17-13-7-4-3-6-12(13)16-14-8-5-9-21-18(14)22(19(16)23)10-15(17)20(25)26-2/h3-10,16-17,19H,1-2H3/t16-,17+,19-/m0/s1. The molecular formula is C20H17N3O3. The highest BCUT2D eigenvalue weighted by Crippen LogP contribution is 2.55. The van der Waals surface area contributed by atoms with Crippen LogP contribution < -0.4 is 4.90 Å². The molecule has 5 rings (SSSR count). The quantitative estimate of drug-likeness (QED) is 0.741. The zero-order valence-electron chi connectivity index (χ0n) is 14.4. The van der Waals surface area contributed by atoms with E-state index in [1.807, 2.05) is 41.4 Å². The van der Waals surface area contributed by atoms with Crippen molar-refractivity contribution in [3.05, 3.63) is 71.1 Å². The summed E-state index contributed by atoms with van der Waals surface area (Å²) in [5, 5.41) is 0. The van der Waals surface area contributed by atoms with E-state index in [-0.39, 0.29) is 18.0 Å². The largest absolute Gasteiger partial charge is 0.466 e. The summed E-state index contributed by atoms with van der Waals surface area (Å²) in [4.78, 5) is 33.5. The minimum Gasteiger partial charge on any atom is -0.466 e. The number of fused-ring (bicyclic) bond motifs is 7. The number of benzene rings is 1. The van der Waals surface area contributed by atoms with Crippen LogP contribution in [0.5, 0.6) is 0 Å². The maximum absolute atomic E-state index is 12.6. The highest BCUT2D eigenvalue weighted by Gasteiger charge is 2.55. The van der Waals surface area contributed by atoms with E-state index in [0.29, 0.717) is 5.57 Å². The van der Waals surface area contributed by atoms with Crippen molar-refractivity contribution >= 4 is 17.7 Å². The van der Waals surface area contributed by atoms with E-state index in [1.165, 1.54) is 7.11 Å². The second-order valence-corrected chi connectivity index (χ2v) is 6.75. The third-order valence-electron chi connectivity index (χ3n) is 5.53. The summed E-state index contributed by atoms with van der Waals surface area (Å²) in [5.41, 5.74) is 3.61. The van der Waals surface area contributed by atoms with Crippen LogP contribution in [0.15, 0.2) is 54.4 Å². The van der Waals surface area contributed by atoms with Gasteiger partial charge in [0.2, 0.25) is 5.91 Å². The first-order valence-corrected chi connectivity index (χ1v) is 8.54. The predicted molar refractivity (Wildman–Crippen MR) is 94.1 cm³/mol. The van der Waals surface area contributed by atoms with Crippen LogP contribution >= 0.6 is 0 Å². The van der Waals surface area contributed by atoms with E-state index in [1.54, 1.807) is 18.0 Å². The van der Waals surface area contributed by atoms with Crippen molar-refractivity contribution in [2.45, 2.75) is 25.0 Å². The lowest BCUT2D eigenvalue weighted by molar-refractivity contribution is -0.140. The van der Waals surface area contributed by atoms with Gasteiger partial charge in [-0.05, 0) is 17.2 Å². The average Bonchev–Trinajstić information content (AvgIpc) is 3.02. The first kappa shape index (κ1) is 15.1. The highest BCUT2D eigenvalue weighted by atomic mass is 16.5. The molecule has 1 aromatic heterocycles. The van der Waals surface area contributed by atoms with Gasteiger partial charge in [-0.2, -0.15) is 0 Å².